The highest BCUT2D eigenvalue weighted by atomic mass is 35.5. The zero-order chi connectivity index (χ0) is 13.1. The molecule has 3 N–H and O–H groups in total. The van der Waals surface area contributed by atoms with Gasteiger partial charge in [-0.15, -0.1) is 0 Å². The van der Waals surface area contributed by atoms with Gasteiger partial charge in [-0.2, -0.15) is 11.8 Å². The Morgan fingerprint density at radius 2 is 2.29 bits per heavy atom. The number of halogens is 1. The summed E-state index contributed by atoms with van der Waals surface area (Å²) in [5.41, 5.74) is 5.42. The highest BCUT2D eigenvalue weighted by Crippen LogP contribution is 2.19. The minimum atomic E-state index is -3.59. The Labute approximate surface area is 110 Å². The molecule has 1 unspecified atom stereocenters. The van der Waals surface area contributed by atoms with Crippen LogP contribution in [0.3, 0.4) is 0 Å². The van der Waals surface area contributed by atoms with Crippen LogP contribution in [0.5, 0.6) is 0 Å². The summed E-state index contributed by atoms with van der Waals surface area (Å²) in [4.78, 5) is 3.74. The number of sulfonamides is 1. The zero-order valence-corrected chi connectivity index (χ0v) is 11.9. The van der Waals surface area contributed by atoms with Gasteiger partial charge < -0.3 is 5.73 Å². The maximum Gasteiger partial charge on any atom is 0.242 e. The molecule has 0 saturated heterocycles. The second kappa shape index (κ2) is 5.90. The van der Waals surface area contributed by atoms with E-state index in [4.69, 9.17) is 17.3 Å². The van der Waals surface area contributed by atoms with E-state index in [1.807, 2.05) is 6.26 Å². The summed E-state index contributed by atoms with van der Waals surface area (Å²) in [5, 5.41) is 0.130. The molecule has 0 aliphatic rings. The van der Waals surface area contributed by atoms with Crippen molar-refractivity contribution in [1.82, 2.24) is 9.71 Å². The van der Waals surface area contributed by atoms with Crippen LogP contribution in [0, 0.1) is 0 Å². The molecule has 17 heavy (non-hydrogen) atoms. The number of thioether (sulfide) groups is 1. The van der Waals surface area contributed by atoms with Crippen molar-refractivity contribution >= 4 is 39.2 Å². The van der Waals surface area contributed by atoms with E-state index in [1.54, 1.807) is 18.7 Å². The minimum Gasteiger partial charge on any atom is -0.382 e. The van der Waals surface area contributed by atoms with Crippen LogP contribution >= 0.6 is 23.4 Å². The smallest absolute Gasteiger partial charge is 0.242 e. The first-order valence-electron chi connectivity index (χ1n) is 4.79. The minimum absolute atomic E-state index is 0.0182. The second-order valence-electron chi connectivity index (χ2n) is 3.52. The number of aromatic nitrogens is 1. The summed E-state index contributed by atoms with van der Waals surface area (Å²) in [5.74, 6) is 0.804. The van der Waals surface area contributed by atoms with Crippen LogP contribution in [0.1, 0.15) is 6.92 Å². The van der Waals surface area contributed by atoms with Gasteiger partial charge in [0, 0.05) is 18.0 Å². The number of hydrogen-bond donors (Lipinski definition) is 2. The molecular weight excluding hydrogens is 282 g/mol. The first-order valence-corrected chi connectivity index (χ1v) is 8.04. The Kier molecular flexibility index (Phi) is 5.05. The fourth-order valence-electron chi connectivity index (χ4n) is 1.19. The van der Waals surface area contributed by atoms with Gasteiger partial charge in [0.25, 0.3) is 0 Å². The van der Waals surface area contributed by atoms with Crippen molar-refractivity contribution in [3.8, 4) is 0 Å². The number of pyridine rings is 1. The quantitative estimate of drug-likeness (QED) is 0.856. The summed E-state index contributed by atoms with van der Waals surface area (Å²) >= 11 is 7.30. The molecule has 5 nitrogen and oxygen atoms in total. The lowest BCUT2D eigenvalue weighted by Gasteiger charge is -2.13. The zero-order valence-electron chi connectivity index (χ0n) is 9.47. The first kappa shape index (κ1) is 14.6. The number of nitrogens with one attached hydrogen (secondary N) is 1. The van der Waals surface area contributed by atoms with Crippen LogP contribution in [0.4, 0.5) is 5.82 Å². The van der Waals surface area contributed by atoms with E-state index in [-0.39, 0.29) is 21.8 Å². The molecule has 0 radical (unpaired) electrons. The number of nitrogens with zero attached hydrogens (tertiary/aromatic N) is 1. The summed E-state index contributed by atoms with van der Waals surface area (Å²) in [6, 6.07) is 1.13. The highest BCUT2D eigenvalue weighted by molar-refractivity contribution is 7.98. The number of nitrogens with two attached hydrogens (primary N) is 1. The van der Waals surface area contributed by atoms with E-state index >= 15 is 0 Å². The third-order valence-electron chi connectivity index (χ3n) is 1.93. The van der Waals surface area contributed by atoms with Gasteiger partial charge >= 0.3 is 0 Å². The maximum absolute atomic E-state index is 11.9. The third-order valence-corrected chi connectivity index (χ3v) is 4.62. The van der Waals surface area contributed by atoms with Crippen LogP contribution in [-0.4, -0.2) is 31.5 Å². The second-order valence-corrected chi connectivity index (χ2v) is 6.55. The van der Waals surface area contributed by atoms with E-state index < -0.39 is 10.0 Å². The SMILES string of the molecule is CSCC(C)NS(=O)(=O)c1cnc(N)c(Cl)c1. The molecule has 1 atom stereocenters. The molecule has 0 aliphatic heterocycles. The van der Waals surface area contributed by atoms with Crippen molar-refractivity contribution in [2.24, 2.45) is 0 Å². The number of hydrogen-bond acceptors (Lipinski definition) is 5. The molecule has 0 fully saturated rings. The molecule has 0 spiro atoms. The Morgan fingerprint density at radius 1 is 1.65 bits per heavy atom. The van der Waals surface area contributed by atoms with Crippen LogP contribution in [0.15, 0.2) is 17.2 Å². The molecule has 0 amide bonds. The fourth-order valence-corrected chi connectivity index (χ4v) is 3.33. The van der Waals surface area contributed by atoms with Crippen molar-refractivity contribution < 1.29 is 8.42 Å². The molecule has 8 heteroatoms. The lowest BCUT2D eigenvalue weighted by Crippen LogP contribution is -2.34. The Bertz CT molecular complexity index is 493. The van der Waals surface area contributed by atoms with E-state index in [2.05, 4.69) is 9.71 Å². The van der Waals surface area contributed by atoms with Gasteiger partial charge in [0.05, 0.1) is 5.02 Å². The molecule has 0 bridgehead atoms. The number of anilines is 1. The van der Waals surface area contributed by atoms with Crippen LogP contribution < -0.4 is 10.5 Å². The van der Waals surface area contributed by atoms with Gasteiger partial charge in [0.1, 0.15) is 10.7 Å². The highest BCUT2D eigenvalue weighted by Gasteiger charge is 2.18. The lowest BCUT2D eigenvalue weighted by atomic mass is 10.4. The topological polar surface area (TPSA) is 85.1 Å². The predicted molar refractivity (Wildman–Crippen MR) is 71.8 cm³/mol. The van der Waals surface area contributed by atoms with Gasteiger partial charge in [-0.1, -0.05) is 11.6 Å². The fraction of sp³-hybridized carbons (Fsp3) is 0.444. The van der Waals surface area contributed by atoms with Crippen LogP contribution in [0.25, 0.3) is 0 Å². The largest absolute Gasteiger partial charge is 0.382 e. The lowest BCUT2D eigenvalue weighted by molar-refractivity contribution is 0.570. The molecule has 0 aromatic carbocycles. The molecule has 96 valence electrons. The average molecular weight is 296 g/mol. The summed E-state index contributed by atoms with van der Waals surface area (Å²) in [7, 11) is -3.59. The van der Waals surface area contributed by atoms with Gasteiger partial charge in [-0.05, 0) is 19.2 Å². The van der Waals surface area contributed by atoms with Gasteiger partial charge in [0.2, 0.25) is 10.0 Å². The molecule has 1 heterocycles. The third kappa shape index (κ3) is 4.02. The Morgan fingerprint density at radius 3 is 2.82 bits per heavy atom. The molecule has 0 aliphatic carbocycles. The van der Waals surface area contributed by atoms with Crippen molar-refractivity contribution in [2.45, 2.75) is 17.9 Å². The van der Waals surface area contributed by atoms with Crippen LogP contribution in [-0.2, 0) is 10.0 Å². The standard InChI is InChI=1S/C9H14ClN3O2S2/c1-6(5-16-2)13-17(14,15)7-3-8(10)9(11)12-4-7/h3-4,6,13H,5H2,1-2H3,(H2,11,12). The van der Waals surface area contributed by atoms with Crippen molar-refractivity contribution in [3.05, 3.63) is 17.3 Å². The van der Waals surface area contributed by atoms with Gasteiger partial charge in [-0.25, -0.2) is 18.1 Å². The monoisotopic (exact) mass is 295 g/mol. The summed E-state index contributed by atoms with van der Waals surface area (Å²) in [6.07, 6.45) is 3.10. The molecule has 1 aromatic rings. The number of nitrogen functional groups attached to an aromatic ring is 1. The first-order chi connectivity index (χ1) is 7.86. The van der Waals surface area contributed by atoms with Gasteiger partial charge in [-0.3, -0.25) is 0 Å². The Balaban J connectivity index is 2.93. The van der Waals surface area contributed by atoms with Crippen molar-refractivity contribution in [3.63, 3.8) is 0 Å². The van der Waals surface area contributed by atoms with Crippen LogP contribution in [0.2, 0.25) is 5.02 Å². The summed E-state index contributed by atoms with van der Waals surface area (Å²) < 4.78 is 26.4. The van der Waals surface area contributed by atoms with Crippen molar-refractivity contribution in [2.75, 3.05) is 17.7 Å². The Hall–Kier alpha value is -0.500. The maximum atomic E-state index is 11.9. The molecule has 0 saturated carbocycles. The van der Waals surface area contributed by atoms with E-state index in [0.717, 1.165) is 0 Å². The molecule has 1 rings (SSSR count). The van der Waals surface area contributed by atoms with E-state index in [0.29, 0.717) is 5.75 Å². The summed E-state index contributed by atoms with van der Waals surface area (Å²) in [6.45, 7) is 1.79. The molecular formula is C9H14ClN3O2S2. The van der Waals surface area contributed by atoms with Crippen molar-refractivity contribution in [1.29, 1.82) is 0 Å². The average Bonchev–Trinajstić information content (AvgIpc) is 2.21. The number of rotatable bonds is 5. The molecule has 1 aromatic heterocycles. The normalized spacial score (nSPS) is 13.6. The van der Waals surface area contributed by atoms with E-state index in [1.165, 1.54) is 12.3 Å². The van der Waals surface area contributed by atoms with E-state index in [9.17, 15) is 8.42 Å². The predicted octanol–water partition coefficient (Wildman–Crippen LogP) is 1.35. The van der Waals surface area contributed by atoms with Gasteiger partial charge in [0.15, 0.2) is 0 Å².